The molecule has 0 atom stereocenters. The van der Waals surface area contributed by atoms with Crippen LogP contribution in [0.5, 0.6) is 11.5 Å². The van der Waals surface area contributed by atoms with E-state index in [1.165, 1.54) is 24.9 Å². The van der Waals surface area contributed by atoms with Gasteiger partial charge in [-0.1, -0.05) is 11.8 Å². The molecule has 0 fully saturated rings. The minimum Gasteiger partial charge on any atom is -0.496 e. The number of methoxy groups -OCH3 is 1. The second kappa shape index (κ2) is 4.05. The molecule has 6 heteroatoms. The normalized spacial score (nSPS) is 12.8. The number of ketones is 1. The second-order valence-electron chi connectivity index (χ2n) is 3.04. The van der Waals surface area contributed by atoms with Gasteiger partial charge in [-0.2, -0.15) is 0 Å². The van der Waals surface area contributed by atoms with Crippen molar-refractivity contribution in [3.8, 4) is 11.5 Å². The number of benzene rings is 1. The van der Waals surface area contributed by atoms with Gasteiger partial charge in [0.25, 0.3) is 5.78 Å². The minimum atomic E-state index is -1.51. The zero-order valence-electron chi connectivity index (χ0n) is 8.35. The molecule has 0 bridgehead atoms. The summed E-state index contributed by atoms with van der Waals surface area (Å²) in [6.07, 6.45) is 0. The van der Waals surface area contributed by atoms with Crippen LogP contribution in [0.3, 0.4) is 0 Å². The van der Waals surface area contributed by atoms with Gasteiger partial charge in [0.15, 0.2) is 0 Å². The molecule has 0 saturated carbocycles. The predicted molar refractivity (Wildman–Crippen MR) is 56.3 cm³/mol. The molecule has 1 aromatic rings. The van der Waals surface area contributed by atoms with Crippen LogP contribution >= 0.6 is 11.8 Å². The van der Waals surface area contributed by atoms with E-state index in [1.807, 2.05) is 0 Å². The Balaban J connectivity index is 2.52. The average Bonchev–Trinajstić information content (AvgIpc) is 2.72. The fourth-order valence-electron chi connectivity index (χ4n) is 1.38. The standard InChI is InChI=1S/C10H8O5S/c1-14-6-3-8-7(15-4-16-8)2-5(6)9(11)10(12)13/h2-3H,4H2,1H3,(H,12,13). The van der Waals surface area contributed by atoms with Crippen molar-refractivity contribution in [1.29, 1.82) is 0 Å². The van der Waals surface area contributed by atoms with Crippen LogP contribution in [0.1, 0.15) is 10.4 Å². The Morgan fingerprint density at radius 3 is 2.88 bits per heavy atom. The van der Waals surface area contributed by atoms with Crippen molar-refractivity contribution in [2.45, 2.75) is 4.90 Å². The summed E-state index contributed by atoms with van der Waals surface area (Å²) in [6.45, 7) is 0. The highest BCUT2D eigenvalue weighted by Crippen LogP contribution is 2.40. The van der Waals surface area contributed by atoms with E-state index in [0.717, 1.165) is 4.90 Å². The molecule has 1 aliphatic heterocycles. The zero-order chi connectivity index (χ0) is 11.7. The quantitative estimate of drug-likeness (QED) is 0.636. The van der Waals surface area contributed by atoms with Crippen LogP contribution in [0.4, 0.5) is 0 Å². The number of thioether (sulfide) groups is 1. The Morgan fingerprint density at radius 2 is 2.25 bits per heavy atom. The molecular formula is C10H8O5S. The number of hydrogen-bond acceptors (Lipinski definition) is 5. The molecule has 5 nitrogen and oxygen atoms in total. The Bertz CT molecular complexity index is 469. The average molecular weight is 240 g/mol. The molecule has 84 valence electrons. The van der Waals surface area contributed by atoms with Crippen LogP contribution in [-0.4, -0.2) is 29.9 Å². The zero-order valence-corrected chi connectivity index (χ0v) is 9.17. The van der Waals surface area contributed by atoms with Crippen molar-refractivity contribution in [2.75, 3.05) is 13.0 Å². The first-order chi connectivity index (χ1) is 7.63. The third-order valence-electron chi connectivity index (χ3n) is 2.13. The molecule has 0 aliphatic carbocycles. The van der Waals surface area contributed by atoms with E-state index in [1.54, 1.807) is 6.07 Å². The highest BCUT2D eigenvalue weighted by molar-refractivity contribution is 7.99. The first-order valence-electron chi connectivity index (χ1n) is 4.38. The number of hydrogen-bond donors (Lipinski definition) is 1. The summed E-state index contributed by atoms with van der Waals surface area (Å²) in [4.78, 5) is 22.8. The maximum atomic E-state index is 11.4. The number of carbonyl (C=O) groups is 2. The number of carboxylic acid groups (broad SMARTS) is 1. The summed E-state index contributed by atoms with van der Waals surface area (Å²) in [7, 11) is 1.39. The molecule has 0 radical (unpaired) electrons. The molecule has 0 unspecified atom stereocenters. The largest absolute Gasteiger partial charge is 0.496 e. The van der Waals surface area contributed by atoms with Crippen LogP contribution < -0.4 is 9.47 Å². The monoisotopic (exact) mass is 240 g/mol. The van der Waals surface area contributed by atoms with Crippen LogP contribution in [-0.2, 0) is 4.79 Å². The number of Topliss-reactive ketones (excluding diaryl/α,β-unsaturated/α-hetero) is 1. The lowest BCUT2D eigenvalue weighted by molar-refractivity contribution is -0.131. The van der Waals surface area contributed by atoms with Crippen molar-refractivity contribution in [3.05, 3.63) is 17.7 Å². The first kappa shape index (κ1) is 10.8. The maximum absolute atomic E-state index is 11.4. The van der Waals surface area contributed by atoms with E-state index < -0.39 is 11.8 Å². The lowest BCUT2D eigenvalue weighted by atomic mass is 10.1. The highest BCUT2D eigenvalue weighted by atomic mass is 32.2. The fraction of sp³-hybridized carbons (Fsp3) is 0.200. The Hall–Kier alpha value is -1.69. The van der Waals surface area contributed by atoms with E-state index in [9.17, 15) is 9.59 Å². The van der Waals surface area contributed by atoms with Crippen molar-refractivity contribution < 1.29 is 24.2 Å². The van der Waals surface area contributed by atoms with Crippen LogP contribution in [0.25, 0.3) is 0 Å². The summed E-state index contributed by atoms with van der Waals surface area (Å²) in [5.41, 5.74) is 0.0104. The number of ether oxygens (including phenoxy) is 2. The van der Waals surface area contributed by atoms with Crippen molar-refractivity contribution in [1.82, 2.24) is 0 Å². The van der Waals surface area contributed by atoms with Crippen LogP contribution in [0.2, 0.25) is 0 Å². The van der Waals surface area contributed by atoms with Gasteiger partial charge in [-0.3, -0.25) is 4.79 Å². The lowest BCUT2D eigenvalue weighted by Gasteiger charge is -2.07. The van der Waals surface area contributed by atoms with Gasteiger partial charge in [0.1, 0.15) is 17.4 Å². The number of carboxylic acids is 1. The van der Waals surface area contributed by atoms with Gasteiger partial charge in [-0.05, 0) is 12.1 Å². The van der Waals surface area contributed by atoms with Crippen molar-refractivity contribution >= 4 is 23.5 Å². The molecule has 0 saturated heterocycles. The predicted octanol–water partition coefficient (Wildman–Crippen LogP) is 1.40. The lowest BCUT2D eigenvalue weighted by Crippen LogP contribution is -2.14. The molecule has 1 heterocycles. The highest BCUT2D eigenvalue weighted by Gasteiger charge is 2.24. The van der Waals surface area contributed by atoms with Gasteiger partial charge in [-0.25, -0.2) is 4.79 Å². The molecule has 1 N–H and O–H groups in total. The summed E-state index contributed by atoms with van der Waals surface area (Å²) in [6, 6.07) is 3.02. The fourth-order valence-corrected chi connectivity index (χ4v) is 2.15. The Labute approximate surface area is 95.4 Å². The topological polar surface area (TPSA) is 72.8 Å². The SMILES string of the molecule is COc1cc2c(cc1C(=O)C(=O)O)OCS2. The van der Waals surface area contributed by atoms with E-state index in [4.69, 9.17) is 14.6 Å². The van der Waals surface area contributed by atoms with E-state index in [0.29, 0.717) is 11.7 Å². The molecular weight excluding hydrogens is 232 g/mol. The smallest absolute Gasteiger partial charge is 0.377 e. The number of carbonyl (C=O) groups excluding carboxylic acids is 1. The Morgan fingerprint density at radius 1 is 1.50 bits per heavy atom. The molecule has 0 amide bonds. The van der Waals surface area contributed by atoms with Gasteiger partial charge >= 0.3 is 5.97 Å². The molecule has 1 aliphatic rings. The van der Waals surface area contributed by atoms with Gasteiger partial charge in [0, 0.05) is 0 Å². The second-order valence-corrected chi connectivity index (χ2v) is 4.00. The molecule has 16 heavy (non-hydrogen) atoms. The summed E-state index contributed by atoms with van der Waals surface area (Å²) < 4.78 is 10.2. The van der Waals surface area contributed by atoms with Gasteiger partial charge in [-0.15, -0.1) is 0 Å². The minimum absolute atomic E-state index is 0.0104. The van der Waals surface area contributed by atoms with Crippen molar-refractivity contribution in [3.63, 3.8) is 0 Å². The molecule has 0 aromatic heterocycles. The third kappa shape index (κ3) is 1.71. The molecule has 2 rings (SSSR count). The van der Waals surface area contributed by atoms with Crippen molar-refractivity contribution in [2.24, 2.45) is 0 Å². The Kier molecular flexibility index (Phi) is 2.74. The van der Waals surface area contributed by atoms with Gasteiger partial charge < -0.3 is 14.6 Å². The number of fused-ring (bicyclic) bond motifs is 1. The maximum Gasteiger partial charge on any atom is 0.377 e. The van der Waals surface area contributed by atoms with Gasteiger partial charge in [0.05, 0.1) is 17.6 Å². The van der Waals surface area contributed by atoms with Gasteiger partial charge in [0.2, 0.25) is 0 Å². The summed E-state index contributed by atoms with van der Waals surface area (Å²) >= 11 is 1.47. The van der Waals surface area contributed by atoms with E-state index in [-0.39, 0.29) is 11.3 Å². The summed E-state index contributed by atoms with van der Waals surface area (Å²) in [5, 5.41) is 8.65. The number of aliphatic carboxylic acids is 1. The summed E-state index contributed by atoms with van der Waals surface area (Å²) in [5.74, 6) is -1.27. The molecule has 0 spiro atoms. The van der Waals surface area contributed by atoms with Crippen LogP contribution in [0, 0.1) is 0 Å². The third-order valence-corrected chi connectivity index (χ3v) is 3.00. The van der Waals surface area contributed by atoms with E-state index >= 15 is 0 Å². The molecule has 1 aromatic carbocycles. The first-order valence-corrected chi connectivity index (χ1v) is 5.37. The number of rotatable bonds is 3. The van der Waals surface area contributed by atoms with Crippen LogP contribution in [0.15, 0.2) is 17.0 Å². The van der Waals surface area contributed by atoms with E-state index in [2.05, 4.69) is 0 Å².